The highest BCUT2D eigenvalue weighted by molar-refractivity contribution is 5.64. The van der Waals surface area contributed by atoms with E-state index in [1.165, 1.54) is 6.42 Å². The third-order valence-corrected chi connectivity index (χ3v) is 6.79. The summed E-state index contributed by atoms with van der Waals surface area (Å²) in [7, 11) is 0. The van der Waals surface area contributed by atoms with Gasteiger partial charge >= 0.3 is 6.11 Å². The van der Waals surface area contributed by atoms with Crippen LogP contribution in [0.5, 0.6) is 5.75 Å². The van der Waals surface area contributed by atoms with Gasteiger partial charge in [-0.25, -0.2) is 17.6 Å². The van der Waals surface area contributed by atoms with Crippen molar-refractivity contribution in [3.63, 3.8) is 0 Å². The molecule has 0 radical (unpaired) electrons. The lowest BCUT2D eigenvalue weighted by Crippen LogP contribution is -2.25. The van der Waals surface area contributed by atoms with Gasteiger partial charge in [0.2, 0.25) is 0 Å². The van der Waals surface area contributed by atoms with Crippen molar-refractivity contribution in [1.82, 2.24) is 0 Å². The minimum absolute atomic E-state index is 0.0534. The molecular weight excluding hydrogens is 494 g/mol. The minimum Gasteiger partial charge on any atom is -0.429 e. The van der Waals surface area contributed by atoms with Crippen LogP contribution in [0, 0.1) is 36.1 Å². The first kappa shape index (κ1) is 27.0. The summed E-state index contributed by atoms with van der Waals surface area (Å²) >= 11 is 0. The van der Waals surface area contributed by atoms with Gasteiger partial charge in [0.05, 0.1) is 12.7 Å². The molecule has 2 nitrogen and oxygen atoms in total. The molecule has 8 heteroatoms. The number of unbranched alkanes of at least 4 members (excludes halogenated alkanes) is 1. The van der Waals surface area contributed by atoms with E-state index < -0.39 is 46.3 Å². The molecule has 3 aromatic rings. The van der Waals surface area contributed by atoms with Crippen LogP contribution >= 0.6 is 0 Å². The Kier molecular flexibility index (Phi) is 8.17. The first-order chi connectivity index (χ1) is 17.6. The Balaban J connectivity index is 1.50. The molecule has 0 aromatic heterocycles. The van der Waals surface area contributed by atoms with Gasteiger partial charge in [-0.2, -0.15) is 8.78 Å². The Labute approximate surface area is 212 Å². The molecule has 2 unspecified atom stereocenters. The van der Waals surface area contributed by atoms with Gasteiger partial charge in [0.15, 0.2) is 0 Å². The van der Waals surface area contributed by atoms with Crippen molar-refractivity contribution in [1.29, 1.82) is 0 Å². The van der Waals surface area contributed by atoms with Gasteiger partial charge in [-0.1, -0.05) is 44.0 Å². The lowest BCUT2D eigenvalue weighted by molar-refractivity contribution is -0.189. The van der Waals surface area contributed by atoms with Gasteiger partial charge in [-0.15, -0.1) is 0 Å². The highest BCUT2D eigenvalue weighted by Crippen LogP contribution is 2.38. The van der Waals surface area contributed by atoms with Gasteiger partial charge < -0.3 is 9.47 Å². The zero-order valence-electron chi connectivity index (χ0n) is 20.6. The minimum atomic E-state index is -4.52. The van der Waals surface area contributed by atoms with Crippen LogP contribution in [-0.4, -0.2) is 6.61 Å². The van der Waals surface area contributed by atoms with Crippen LogP contribution in [0.25, 0.3) is 11.1 Å². The van der Waals surface area contributed by atoms with Crippen molar-refractivity contribution in [3.05, 3.63) is 88.5 Å². The van der Waals surface area contributed by atoms with E-state index in [2.05, 4.69) is 11.7 Å². The SMILES string of the molecule is CCCCC1CCC(c2ccc(-c3cc(F)c(C(F)(F)Oc4cc(F)c(C)c(F)c4)c(F)c3)cc2)OC1. The van der Waals surface area contributed by atoms with E-state index in [4.69, 9.17) is 4.74 Å². The van der Waals surface area contributed by atoms with Gasteiger partial charge in [0, 0.05) is 17.7 Å². The zero-order valence-corrected chi connectivity index (χ0v) is 20.6. The number of alkyl halides is 2. The molecule has 1 aliphatic heterocycles. The molecule has 0 saturated carbocycles. The third kappa shape index (κ3) is 6.12. The Hall–Kier alpha value is -3.00. The van der Waals surface area contributed by atoms with Gasteiger partial charge in [0.1, 0.15) is 34.6 Å². The highest BCUT2D eigenvalue weighted by atomic mass is 19.3. The van der Waals surface area contributed by atoms with Crippen LogP contribution in [0.15, 0.2) is 48.5 Å². The second-order valence-electron chi connectivity index (χ2n) is 9.48. The molecule has 0 spiro atoms. The molecule has 1 heterocycles. The molecule has 0 N–H and O–H groups in total. The van der Waals surface area contributed by atoms with Gasteiger partial charge in [-0.05, 0) is 60.9 Å². The number of ether oxygens (including phenoxy) is 2. The van der Waals surface area contributed by atoms with Crippen LogP contribution in [-0.2, 0) is 10.8 Å². The standard InChI is InChI=1S/C29H28F6O2/c1-3-4-5-18-6-11-27(36-16-18)20-9-7-19(8-10-20)21-12-25(32)28(26(33)13-21)29(34,35)37-22-14-23(30)17(2)24(31)15-22/h7-10,12-15,18,27H,3-6,11,16H2,1-2H3. The smallest absolute Gasteiger partial charge is 0.429 e. The molecule has 0 bridgehead atoms. The molecule has 1 saturated heterocycles. The summed E-state index contributed by atoms with van der Waals surface area (Å²) in [6.07, 6.45) is 0.866. The largest absolute Gasteiger partial charge is 0.432 e. The van der Waals surface area contributed by atoms with Crippen molar-refractivity contribution in [3.8, 4) is 16.9 Å². The number of halogens is 6. The van der Waals surface area contributed by atoms with E-state index >= 15 is 0 Å². The average molecular weight is 523 g/mol. The average Bonchev–Trinajstić information content (AvgIpc) is 2.85. The number of hydrogen-bond acceptors (Lipinski definition) is 2. The van der Waals surface area contributed by atoms with E-state index in [1.807, 2.05) is 0 Å². The van der Waals surface area contributed by atoms with Crippen molar-refractivity contribution in [2.45, 2.75) is 58.2 Å². The second kappa shape index (κ2) is 11.2. The Morgan fingerprint density at radius 1 is 0.865 bits per heavy atom. The summed E-state index contributed by atoms with van der Waals surface area (Å²) in [5.74, 6) is -5.69. The first-order valence-electron chi connectivity index (χ1n) is 12.3. The van der Waals surface area contributed by atoms with Crippen molar-refractivity contribution in [2.24, 2.45) is 5.92 Å². The number of rotatable bonds is 8. The number of benzene rings is 3. The van der Waals surface area contributed by atoms with Crippen LogP contribution < -0.4 is 4.74 Å². The predicted octanol–water partition coefficient (Wildman–Crippen LogP) is 9.00. The maximum Gasteiger partial charge on any atom is 0.432 e. The van der Waals surface area contributed by atoms with Crippen LogP contribution in [0.3, 0.4) is 0 Å². The quantitative estimate of drug-likeness (QED) is 0.275. The van der Waals surface area contributed by atoms with E-state index in [1.54, 1.807) is 24.3 Å². The molecule has 37 heavy (non-hydrogen) atoms. The second-order valence-corrected chi connectivity index (χ2v) is 9.48. The molecule has 198 valence electrons. The van der Waals surface area contributed by atoms with E-state index in [-0.39, 0.29) is 11.7 Å². The van der Waals surface area contributed by atoms with E-state index in [9.17, 15) is 26.3 Å². The normalized spacial score (nSPS) is 18.2. The molecule has 0 aliphatic carbocycles. The molecular formula is C29H28F6O2. The molecule has 4 rings (SSSR count). The van der Waals surface area contributed by atoms with Crippen LogP contribution in [0.4, 0.5) is 26.3 Å². The summed E-state index contributed by atoms with van der Waals surface area (Å²) in [5, 5.41) is 0. The summed E-state index contributed by atoms with van der Waals surface area (Å²) in [4.78, 5) is 0. The number of hydrogen-bond donors (Lipinski definition) is 0. The third-order valence-electron chi connectivity index (χ3n) is 6.79. The molecule has 1 aliphatic rings. The summed E-state index contributed by atoms with van der Waals surface area (Å²) in [6.45, 7) is 3.97. The fourth-order valence-corrected chi connectivity index (χ4v) is 4.58. The zero-order chi connectivity index (χ0) is 26.7. The van der Waals surface area contributed by atoms with Crippen LogP contribution in [0.2, 0.25) is 0 Å². The maximum atomic E-state index is 14.7. The molecule has 0 amide bonds. The van der Waals surface area contributed by atoms with Crippen LogP contribution in [0.1, 0.15) is 61.8 Å². The topological polar surface area (TPSA) is 18.5 Å². The van der Waals surface area contributed by atoms with Crippen molar-refractivity contribution >= 4 is 0 Å². The summed E-state index contributed by atoms with van der Waals surface area (Å²) < 4.78 is 96.5. The van der Waals surface area contributed by atoms with Crippen molar-refractivity contribution in [2.75, 3.05) is 6.61 Å². The molecule has 1 fully saturated rings. The fourth-order valence-electron chi connectivity index (χ4n) is 4.58. The van der Waals surface area contributed by atoms with E-state index in [0.717, 1.165) is 50.3 Å². The Bertz CT molecular complexity index is 1190. The Morgan fingerprint density at radius 3 is 2.03 bits per heavy atom. The highest BCUT2D eigenvalue weighted by Gasteiger charge is 2.41. The first-order valence-corrected chi connectivity index (χ1v) is 12.3. The van der Waals surface area contributed by atoms with Crippen molar-refractivity contribution < 1.29 is 35.8 Å². The fraction of sp³-hybridized carbons (Fsp3) is 0.379. The predicted molar refractivity (Wildman–Crippen MR) is 128 cm³/mol. The summed E-state index contributed by atoms with van der Waals surface area (Å²) in [5.41, 5.74) is -0.626. The molecule has 2 atom stereocenters. The van der Waals surface area contributed by atoms with E-state index in [0.29, 0.717) is 30.2 Å². The summed E-state index contributed by atoms with van der Waals surface area (Å²) in [6, 6.07) is 9.51. The lowest BCUT2D eigenvalue weighted by atomic mass is 9.90. The maximum absolute atomic E-state index is 14.7. The monoisotopic (exact) mass is 522 g/mol. The Morgan fingerprint density at radius 2 is 1.49 bits per heavy atom. The molecule has 3 aromatic carbocycles. The van der Waals surface area contributed by atoms with Gasteiger partial charge in [0.25, 0.3) is 0 Å². The van der Waals surface area contributed by atoms with Gasteiger partial charge in [-0.3, -0.25) is 0 Å². The lowest BCUT2D eigenvalue weighted by Gasteiger charge is -2.29.